The van der Waals surface area contributed by atoms with Gasteiger partial charge in [0.1, 0.15) is 12.9 Å². The maximum absolute atomic E-state index is 12.5. The Morgan fingerprint density at radius 1 is 1.20 bits per heavy atom. The van der Waals surface area contributed by atoms with Gasteiger partial charge in [-0.15, -0.1) is 0 Å². The van der Waals surface area contributed by atoms with Crippen LogP contribution in [0.1, 0.15) is 38.8 Å². The van der Waals surface area contributed by atoms with Gasteiger partial charge in [0.25, 0.3) is 5.68 Å². The van der Waals surface area contributed by atoms with Crippen molar-refractivity contribution in [1.29, 1.82) is 5.41 Å². The van der Waals surface area contributed by atoms with Crippen molar-refractivity contribution in [3.8, 4) is 0 Å². The van der Waals surface area contributed by atoms with Crippen LogP contribution in [0, 0.1) is 10.8 Å². The SMILES string of the molecule is CC(C)(C)C(=O)OCC(C)(Nc1nc2c(Cn3ccoc3=N)cccc2[nH]1)c1ccc(Cl)c(Cl)c1. The summed E-state index contributed by atoms with van der Waals surface area (Å²) in [7, 11) is 0. The zero-order valence-corrected chi connectivity index (χ0v) is 21.4. The summed E-state index contributed by atoms with van der Waals surface area (Å²) in [5.74, 6) is 0.178. The molecule has 4 rings (SSSR count). The summed E-state index contributed by atoms with van der Waals surface area (Å²) in [6.45, 7) is 7.80. The smallest absolute Gasteiger partial charge is 0.311 e. The summed E-state index contributed by atoms with van der Waals surface area (Å²) < 4.78 is 12.5. The Morgan fingerprint density at radius 2 is 1.97 bits per heavy atom. The molecule has 3 N–H and O–H groups in total. The topological polar surface area (TPSA) is 109 Å². The van der Waals surface area contributed by atoms with E-state index in [1.54, 1.807) is 43.7 Å². The van der Waals surface area contributed by atoms with E-state index in [9.17, 15) is 4.79 Å². The molecule has 0 aliphatic carbocycles. The molecule has 10 heteroatoms. The van der Waals surface area contributed by atoms with Crippen molar-refractivity contribution in [2.45, 2.75) is 39.8 Å². The number of ether oxygens (including phenoxy) is 1. The second-order valence-electron chi connectivity index (χ2n) is 9.65. The second kappa shape index (κ2) is 9.43. The Kier molecular flexibility index (Phi) is 6.71. The van der Waals surface area contributed by atoms with E-state index in [0.717, 1.165) is 22.2 Å². The molecule has 1 unspecified atom stereocenters. The van der Waals surface area contributed by atoms with Crippen LogP contribution in [0.4, 0.5) is 5.95 Å². The van der Waals surface area contributed by atoms with Gasteiger partial charge >= 0.3 is 5.97 Å². The van der Waals surface area contributed by atoms with Gasteiger partial charge in [0.15, 0.2) is 0 Å². The van der Waals surface area contributed by atoms with Gasteiger partial charge in [-0.2, -0.15) is 0 Å². The molecule has 0 aliphatic rings. The number of hydrogen-bond donors (Lipinski definition) is 3. The standard InChI is InChI=1S/C25H27Cl2N5O3/c1-24(2,3)21(33)35-14-25(4,16-8-9-17(26)18(27)12-16)31-23-29-19-7-5-6-15(20(19)30-23)13-32-10-11-34-22(32)28/h5-12,28H,13-14H2,1-4H3,(H2,29,30,31). The molecule has 8 nitrogen and oxygen atoms in total. The van der Waals surface area contributed by atoms with Gasteiger partial charge in [0.05, 0.1) is 38.6 Å². The molecule has 35 heavy (non-hydrogen) atoms. The molecule has 0 fully saturated rings. The zero-order valence-electron chi connectivity index (χ0n) is 19.9. The average molecular weight is 516 g/mol. The van der Waals surface area contributed by atoms with Gasteiger partial charge in [-0.05, 0) is 57.0 Å². The van der Waals surface area contributed by atoms with Gasteiger partial charge in [0.2, 0.25) is 5.95 Å². The summed E-state index contributed by atoms with van der Waals surface area (Å²) >= 11 is 12.4. The first-order valence-corrected chi connectivity index (χ1v) is 11.8. The number of aromatic amines is 1. The van der Waals surface area contributed by atoms with Gasteiger partial charge in [0, 0.05) is 6.20 Å². The number of rotatable bonds is 7. The number of aromatic nitrogens is 3. The van der Waals surface area contributed by atoms with Crippen LogP contribution in [0.2, 0.25) is 10.0 Å². The van der Waals surface area contributed by atoms with Crippen LogP contribution >= 0.6 is 23.2 Å². The normalized spacial score (nSPS) is 13.5. The minimum atomic E-state index is -0.864. The summed E-state index contributed by atoms with van der Waals surface area (Å²) in [6, 6.07) is 11.1. The minimum absolute atomic E-state index is 0.0397. The van der Waals surface area contributed by atoms with Crippen LogP contribution in [-0.4, -0.2) is 27.1 Å². The Bertz CT molecular complexity index is 1430. The first kappa shape index (κ1) is 24.9. The Hall–Kier alpha value is -3.23. The number of para-hydroxylation sites is 1. The number of fused-ring (bicyclic) bond motifs is 1. The highest BCUT2D eigenvalue weighted by Gasteiger charge is 2.33. The van der Waals surface area contributed by atoms with Crippen molar-refractivity contribution in [1.82, 2.24) is 14.5 Å². The van der Waals surface area contributed by atoms with Crippen molar-refractivity contribution in [3.63, 3.8) is 0 Å². The lowest BCUT2D eigenvalue weighted by Gasteiger charge is -2.32. The van der Waals surface area contributed by atoms with Gasteiger partial charge in [-0.3, -0.25) is 14.8 Å². The Morgan fingerprint density at radius 3 is 2.63 bits per heavy atom. The quantitative estimate of drug-likeness (QED) is 0.273. The maximum atomic E-state index is 12.5. The van der Waals surface area contributed by atoms with Crippen LogP contribution in [0.25, 0.3) is 11.0 Å². The van der Waals surface area contributed by atoms with E-state index in [2.05, 4.69) is 10.3 Å². The van der Waals surface area contributed by atoms with Crippen molar-refractivity contribution < 1.29 is 13.9 Å². The molecule has 2 aromatic heterocycles. The molecule has 0 aliphatic heterocycles. The van der Waals surface area contributed by atoms with E-state index < -0.39 is 11.0 Å². The molecule has 0 radical (unpaired) electrons. The van der Waals surface area contributed by atoms with Gasteiger partial charge in [-0.1, -0.05) is 41.4 Å². The lowest BCUT2D eigenvalue weighted by atomic mass is 9.92. The van der Waals surface area contributed by atoms with Crippen molar-refractivity contribution in [2.24, 2.45) is 5.41 Å². The highest BCUT2D eigenvalue weighted by Crippen LogP contribution is 2.32. The predicted molar refractivity (Wildman–Crippen MR) is 136 cm³/mol. The molecule has 0 spiro atoms. The monoisotopic (exact) mass is 515 g/mol. The van der Waals surface area contributed by atoms with Crippen molar-refractivity contribution in [2.75, 3.05) is 11.9 Å². The van der Waals surface area contributed by atoms with Crippen molar-refractivity contribution >= 4 is 46.2 Å². The number of carbonyl (C=O) groups excluding carboxylic acids is 1. The summed E-state index contributed by atoms with van der Waals surface area (Å²) in [5, 5.41) is 12.1. The number of H-pyrrole nitrogens is 1. The largest absolute Gasteiger partial charge is 0.462 e. The third kappa shape index (κ3) is 5.39. The fraction of sp³-hybridized carbons (Fsp3) is 0.320. The molecule has 0 saturated heterocycles. The number of halogens is 2. The number of nitrogens with zero attached hydrogens (tertiary/aromatic N) is 2. The second-order valence-corrected chi connectivity index (χ2v) is 10.5. The number of nitrogens with one attached hydrogen (secondary N) is 3. The first-order valence-electron chi connectivity index (χ1n) is 11.0. The number of esters is 1. The van der Waals surface area contributed by atoms with Gasteiger partial charge in [-0.25, -0.2) is 4.98 Å². The van der Waals surface area contributed by atoms with Crippen molar-refractivity contribution in [3.05, 3.63) is 75.7 Å². The lowest BCUT2D eigenvalue weighted by molar-refractivity contribution is -0.154. The Balaban J connectivity index is 1.69. The van der Waals surface area contributed by atoms with E-state index in [0.29, 0.717) is 22.5 Å². The fourth-order valence-electron chi connectivity index (χ4n) is 3.61. The first-order chi connectivity index (χ1) is 16.5. The highest BCUT2D eigenvalue weighted by molar-refractivity contribution is 6.42. The van der Waals surface area contributed by atoms with Crippen LogP contribution in [0.3, 0.4) is 0 Å². The van der Waals surface area contributed by atoms with Crippen LogP contribution < -0.4 is 11.0 Å². The molecular weight excluding hydrogens is 489 g/mol. The number of imidazole rings is 1. The van der Waals surface area contributed by atoms with E-state index in [1.165, 1.54) is 6.26 Å². The van der Waals surface area contributed by atoms with E-state index in [4.69, 9.17) is 42.7 Å². The summed E-state index contributed by atoms with van der Waals surface area (Å²) in [6.07, 6.45) is 3.18. The molecule has 2 aromatic carbocycles. The zero-order chi connectivity index (χ0) is 25.4. The molecule has 4 aromatic rings. The van der Waals surface area contributed by atoms with Gasteiger partial charge < -0.3 is 19.5 Å². The third-order valence-electron chi connectivity index (χ3n) is 5.67. The Labute approximate surface area is 212 Å². The fourth-order valence-corrected chi connectivity index (χ4v) is 3.91. The number of hydrogen-bond acceptors (Lipinski definition) is 6. The predicted octanol–water partition coefficient (Wildman–Crippen LogP) is 5.71. The third-order valence-corrected chi connectivity index (χ3v) is 6.41. The van der Waals surface area contributed by atoms with Crippen LogP contribution in [-0.2, 0) is 21.6 Å². The lowest BCUT2D eigenvalue weighted by Crippen LogP contribution is -2.39. The summed E-state index contributed by atoms with van der Waals surface area (Å²) in [5.41, 5.74) is 1.83. The van der Waals surface area contributed by atoms with E-state index in [1.807, 2.05) is 31.2 Å². The number of oxazole rings is 1. The van der Waals surface area contributed by atoms with E-state index >= 15 is 0 Å². The maximum Gasteiger partial charge on any atom is 0.311 e. The molecular formula is C25H27Cl2N5O3. The number of carbonyl (C=O) groups is 1. The number of anilines is 1. The molecule has 184 valence electrons. The molecule has 1 atom stereocenters. The molecule has 0 saturated carbocycles. The molecule has 2 heterocycles. The summed E-state index contributed by atoms with van der Waals surface area (Å²) in [4.78, 5) is 20.6. The molecule has 0 amide bonds. The van der Waals surface area contributed by atoms with Crippen LogP contribution in [0.5, 0.6) is 0 Å². The number of benzene rings is 2. The molecule has 0 bridgehead atoms. The minimum Gasteiger partial charge on any atom is -0.462 e. The van der Waals surface area contributed by atoms with E-state index in [-0.39, 0.29) is 18.3 Å². The highest BCUT2D eigenvalue weighted by atomic mass is 35.5. The average Bonchev–Trinajstić information content (AvgIpc) is 3.39. The van der Waals surface area contributed by atoms with Crippen LogP contribution in [0.15, 0.2) is 53.3 Å².